The molecule has 0 aliphatic heterocycles. The monoisotopic (exact) mass is 419 g/mol. The van der Waals surface area contributed by atoms with Crippen molar-refractivity contribution in [2.24, 2.45) is 0 Å². The molecule has 3 N–H and O–H groups in total. The Morgan fingerprint density at radius 2 is 2.07 bits per heavy atom. The van der Waals surface area contributed by atoms with Crippen LogP contribution in [-0.2, 0) is 11.3 Å². The average Bonchev–Trinajstić information content (AvgIpc) is 2.69. The van der Waals surface area contributed by atoms with Gasteiger partial charge >= 0.3 is 5.69 Å². The lowest BCUT2D eigenvalue weighted by Crippen LogP contribution is -2.42. The highest BCUT2D eigenvalue weighted by Gasteiger charge is 2.26. The Balaban J connectivity index is 2.62. The third-order valence-corrected chi connectivity index (χ3v) is 4.64. The van der Waals surface area contributed by atoms with Crippen molar-refractivity contribution >= 4 is 23.1 Å². The fraction of sp³-hybridized carbons (Fsp3) is 0.421. The fourth-order valence-corrected chi connectivity index (χ4v) is 2.97. The van der Waals surface area contributed by atoms with E-state index >= 15 is 0 Å². The van der Waals surface area contributed by atoms with Crippen LogP contribution in [0.15, 0.2) is 27.8 Å². The molecule has 162 valence electrons. The van der Waals surface area contributed by atoms with E-state index in [1.165, 1.54) is 23.8 Å². The number of hydrogen-bond acceptors (Lipinski definition) is 7. The quantitative estimate of drug-likeness (QED) is 0.460. The van der Waals surface area contributed by atoms with Crippen molar-refractivity contribution in [3.63, 3.8) is 0 Å². The first-order valence-corrected chi connectivity index (χ1v) is 9.41. The SMILES string of the molecule is CCCCn1c(N)c(N(CCOC)C(=O)c2ccc(C)c([N+](=O)[O-])c2)c(=O)[nH]c1=O. The number of carbonyl (C=O) groups excluding carboxylic acids is 1. The van der Waals surface area contributed by atoms with Crippen LogP contribution in [-0.4, -0.2) is 40.6 Å². The third-order valence-electron chi connectivity index (χ3n) is 4.64. The zero-order valence-corrected chi connectivity index (χ0v) is 17.1. The van der Waals surface area contributed by atoms with Gasteiger partial charge in [-0.2, -0.15) is 0 Å². The number of aromatic nitrogens is 2. The molecule has 0 saturated carbocycles. The van der Waals surface area contributed by atoms with Gasteiger partial charge < -0.3 is 10.5 Å². The van der Waals surface area contributed by atoms with Crippen molar-refractivity contribution in [3.05, 3.63) is 60.3 Å². The molecule has 2 rings (SSSR count). The Hall–Kier alpha value is -3.47. The molecule has 1 aromatic carbocycles. The van der Waals surface area contributed by atoms with Gasteiger partial charge in [-0.25, -0.2) is 4.79 Å². The summed E-state index contributed by atoms with van der Waals surface area (Å²) in [7, 11) is 1.43. The Morgan fingerprint density at radius 1 is 1.37 bits per heavy atom. The average molecular weight is 419 g/mol. The van der Waals surface area contributed by atoms with E-state index in [2.05, 4.69) is 4.98 Å². The standard InChI is InChI=1S/C19H25N5O6/c1-4-5-8-23-16(20)15(17(25)21-19(23)27)22(9-10-30-3)18(26)13-7-6-12(2)14(11-13)24(28)29/h6-7,11H,4-5,8-10,20H2,1-3H3,(H,21,25,27). The summed E-state index contributed by atoms with van der Waals surface area (Å²) in [6.45, 7) is 3.80. The van der Waals surface area contributed by atoms with Crippen LogP contribution in [0.5, 0.6) is 0 Å². The van der Waals surface area contributed by atoms with Gasteiger partial charge in [-0.1, -0.05) is 19.4 Å². The number of nitrogens with zero attached hydrogens (tertiary/aromatic N) is 3. The van der Waals surface area contributed by atoms with Crippen LogP contribution in [0.2, 0.25) is 0 Å². The summed E-state index contributed by atoms with van der Waals surface area (Å²) in [6.07, 6.45) is 1.44. The van der Waals surface area contributed by atoms with Crippen LogP contribution in [0.3, 0.4) is 0 Å². The molecular weight excluding hydrogens is 394 g/mol. The van der Waals surface area contributed by atoms with Gasteiger partial charge in [0.1, 0.15) is 5.82 Å². The second kappa shape index (κ2) is 9.83. The van der Waals surface area contributed by atoms with E-state index in [4.69, 9.17) is 10.5 Å². The van der Waals surface area contributed by atoms with Crippen molar-refractivity contribution in [1.29, 1.82) is 0 Å². The molecule has 1 heterocycles. The number of carbonyl (C=O) groups is 1. The van der Waals surface area contributed by atoms with Crippen LogP contribution < -0.4 is 21.9 Å². The molecule has 0 bridgehead atoms. The Bertz CT molecular complexity index is 1060. The number of nitro groups is 1. The smallest absolute Gasteiger partial charge is 0.330 e. The Labute approximate surface area is 172 Å². The molecule has 1 amide bonds. The number of nitrogens with two attached hydrogens (primary N) is 1. The Morgan fingerprint density at radius 3 is 2.67 bits per heavy atom. The van der Waals surface area contributed by atoms with Crippen molar-refractivity contribution in [2.45, 2.75) is 33.2 Å². The minimum atomic E-state index is -0.823. The Kier molecular flexibility index (Phi) is 7.48. The topological polar surface area (TPSA) is 154 Å². The molecular formula is C19H25N5O6. The first-order chi connectivity index (χ1) is 14.2. The van der Waals surface area contributed by atoms with Crippen LogP contribution in [0.1, 0.15) is 35.7 Å². The maximum Gasteiger partial charge on any atom is 0.330 e. The second-order valence-electron chi connectivity index (χ2n) is 6.71. The lowest BCUT2D eigenvalue weighted by atomic mass is 10.1. The molecule has 11 heteroatoms. The fourth-order valence-electron chi connectivity index (χ4n) is 2.97. The van der Waals surface area contributed by atoms with Crippen molar-refractivity contribution in [3.8, 4) is 0 Å². The molecule has 2 aromatic rings. The predicted octanol–water partition coefficient (Wildman–Crippen LogP) is 1.43. The van der Waals surface area contributed by atoms with E-state index < -0.39 is 22.1 Å². The number of methoxy groups -OCH3 is 1. The minimum absolute atomic E-state index is 0.00788. The van der Waals surface area contributed by atoms with E-state index in [0.29, 0.717) is 12.0 Å². The van der Waals surface area contributed by atoms with Gasteiger partial charge in [0.15, 0.2) is 5.69 Å². The summed E-state index contributed by atoms with van der Waals surface area (Å²) in [6, 6.07) is 4.03. The highest BCUT2D eigenvalue weighted by molar-refractivity contribution is 6.07. The van der Waals surface area contributed by atoms with Crippen molar-refractivity contribution < 1.29 is 14.5 Å². The number of rotatable bonds is 9. The van der Waals surface area contributed by atoms with Crippen LogP contribution >= 0.6 is 0 Å². The molecule has 0 aliphatic rings. The summed E-state index contributed by atoms with van der Waals surface area (Å²) >= 11 is 0. The molecule has 30 heavy (non-hydrogen) atoms. The third kappa shape index (κ3) is 4.74. The molecule has 0 unspecified atom stereocenters. The number of benzene rings is 1. The van der Waals surface area contributed by atoms with Gasteiger partial charge in [0.05, 0.1) is 11.5 Å². The number of anilines is 2. The first-order valence-electron chi connectivity index (χ1n) is 9.41. The highest BCUT2D eigenvalue weighted by atomic mass is 16.6. The molecule has 0 radical (unpaired) electrons. The summed E-state index contributed by atoms with van der Waals surface area (Å²) in [4.78, 5) is 51.9. The van der Waals surface area contributed by atoms with Gasteiger partial charge in [-0.15, -0.1) is 0 Å². The first kappa shape index (κ1) is 22.8. The second-order valence-corrected chi connectivity index (χ2v) is 6.71. The summed E-state index contributed by atoms with van der Waals surface area (Å²) in [5.41, 5.74) is 4.61. The van der Waals surface area contributed by atoms with Gasteiger partial charge in [0, 0.05) is 37.4 Å². The molecule has 0 aliphatic carbocycles. The minimum Gasteiger partial charge on any atom is -0.383 e. The van der Waals surface area contributed by atoms with Crippen molar-refractivity contribution in [2.75, 3.05) is 30.9 Å². The number of H-pyrrole nitrogens is 1. The summed E-state index contributed by atoms with van der Waals surface area (Å²) in [5, 5.41) is 11.2. The van der Waals surface area contributed by atoms with E-state index in [-0.39, 0.29) is 42.5 Å². The summed E-state index contributed by atoms with van der Waals surface area (Å²) < 4.78 is 6.24. The maximum absolute atomic E-state index is 13.2. The van der Waals surface area contributed by atoms with Crippen LogP contribution in [0, 0.1) is 17.0 Å². The normalized spacial score (nSPS) is 10.8. The molecule has 0 spiro atoms. The lowest BCUT2D eigenvalue weighted by Gasteiger charge is -2.24. The number of aromatic amines is 1. The number of unbranched alkanes of at least 4 members (excludes halogenated alkanes) is 1. The van der Waals surface area contributed by atoms with Gasteiger partial charge in [0.25, 0.3) is 17.2 Å². The van der Waals surface area contributed by atoms with Gasteiger partial charge in [0.2, 0.25) is 0 Å². The molecule has 0 saturated heterocycles. The maximum atomic E-state index is 13.2. The molecule has 0 atom stereocenters. The predicted molar refractivity (Wildman–Crippen MR) is 112 cm³/mol. The van der Waals surface area contributed by atoms with E-state index in [1.807, 2.05) is 6.92 Å². The van der Waals surface area contributed by atoms with E-state index in [0.717, 1.165) is 17.4 Å². The lowest BCUT2D eigenvalue weighted by molar-refractivity contribution is -0.385. The number of hydrogen-bond donors (Lipinski definition) is 2. The molecule has 11 nitrogen and oxygen atoms in total. The van der Waals surface area contributed by atoms with Gasteiger partial charge in [-0.05, 0) is 19.4 Å². The van der Waals surface area contributed by atoms with Crippen LogP contribution in [0.25, 0.3) is 0 Å². The van der Waals surface area contributed by atoms with Crippen molar-refractivity contribution in [1.82, 2.24) is 9.55 Å². The number of ether oxygens (including phenoxy) is 1. The zero-order valence-electron chi connectivity index (χ0n) is 17.1. The number of aryl methyl sites for hydroxylation is 1. The number of nitro benzene ring substituents is 1. The highest BCUT2D eigenvalue weighted by Crippen LogP contribution is 2.23. The summed E-state index contributed by atoms with van der Waals surface area (Å²) in [5.74, 6) is -0.823. The van der Waals surface area contributed by atoms with Crippen LogP contribution in [0.4, 0.5) is 17.2 Å². The number of amides is 1. The molecule has 0 fully saturated rings. The largest absolute Gasteiger partial charge is 0.383 e. The van der Waals surface area contributed by atoms with E-state index in [9.17, 15) is 24.5 Å². The number of nitrogen functional groups attached to an aromatic ring is 1. The number of nitrogens with one attached hydrogen (secondary N) is 1. The van der Waals surface area contributed by atoms with E-state index in [1.54, 1.807) is 6.92 Å². The zero-order chi connectivity index (χ0) is 22.4. The molecule has 1 aromatic heterocycles. The van der Waals surface area contributed by atoms with Gasteiger partial charge in [-0.3, -0.25) is 34.2 Å².